The number of rotatable bonds is 6. The Labute approximate surface area is 243 Å². The molecule has 0 radical (unpaired) electrons. The molecule has 0 aliphatic carbocycles. The number of benzene rings is 4. The summed E-state index contributed by atoms with van der Waals surface area (Å²) in [6.45, 7) is 2.60. The molecule has 2 heterocycles. The first-order chi connectivity index (χ1) is 19.0. The largest absolute Gasteiger partial charge is 0.494 e. The van der Waals surface area contributed by atoms with Crippen LogP contribution in [0.4, 0.5) is 0 Å². The SMILES string of the molecule is CCOc1ccc(C2=NN3[C@@H](C2)c2cc(Br)ccc2O[C@H]3c2ccc(OC(=O)c3ccc(Br)cc3)cc2)cc1. The van der Waals surface area contributed by atoms with Gasteiger partial charge in [-0.25, -0.2) is 9.80 Å². The third-order valence-corrected chi connectivity index (χ3v) is 7.73. The van der Waals surface area contributed by atoms with Gasteiger partial charge in [-0.1, -0.05) is 31.9 Å². The second-order valence-electron chi connectivity index (χ2n) is 9.22. The first-order valence-electron chi connectivity index (χ1n) is 12.6. The zero-order chi connectivity index (χ0) is 26.9. The Morgan fingerprint density at radius 3 is 2.33 bits per heavy atom. The lowest BCUT2D eigenvalue weighted by Crippen LogP contribution is -2.33. The van der Waals surface area contributed by atoms with E-state index in [1.54, 1.807) is 24.3 Å². The smallest absolute Gasteiger partial charge is 0.343 e. The Morgan fingerprint density at radius 1 is 0.923 bits per heavy atom. The molecule has 0 saturated carbocycles. The Hall–Kier alpha value is -3.62. The average molecular weight is 648 g/mol. The van der Waals surface area contributed by atoms with Crippen LogP contribution in [0.5, 0.6) is 17.2 Å². The van der Waals surface area contributed by atoms with Crippen LogP contribution in [-0.4, -0.2) is 23.3 Å². The molecule has 0 N–H and O–H groups in total. The van der Waals surface area contributed by atoms with Crippen LogP contribution in [0.15, 0.2) is 105 Å². The Morgan fingerprint density at radius 2 is 1.62 bits per heavy atom. The van der Waals surface area contributed by atoms with E-state index in [1.165, 1.54) is 0 Å². The van der Waals surface area contributed by atoms with E-state index in [0.717, 1.165) is 49.3 Å². The fourth-order valence-corrected chi connectivity index (χ4v) is 5.46. The Kier molecular flexibility index (Phi) is 7.14. The van der Waals surface area contributed by atoms with Gasteiger partial charge in [0.05, 0.1) is 23.9 Å². The van der Waals surface area contributed by atoms with E-state index in [0.29, 0.717) is 17.9 Å². The van der Waals surface area contributed by atoms with Gasteiger partial charge in [0.2, 0.25) is 6.23 Å². The summed E-state index contributed by atoms with van der Waals surface area (Å²) in [6, 6.07) is 28.6. The number of nitrogens with zero attached hydrogens (tertiary/aromatic N) is 2. The highest BCUT2D eigenvalue weighted by molar-refractivity contribution is 9.10. The number of hydrogen-bond donors (Lipinski definition) is 0. The van der Waals surface area contributed by atoms with Crippen molar-refractivity contribution < 1.29 is 19.0 Å². The highest BCUT2D eigenvalue weighted by Crippen LogP contribution is 2.48. The number of carbonyl (C=O) groups is 1. The summed E-state index contributed by atoms with van der Waals surface area (Å²) in [5.41, 5.74) is 4.53. The normalized spacial score (nSPS) is 17.5. The van der Waals surface area contributed by atoms with E-state index in [2.05, 4.69) is 50.1 Å². The molecule has 6 rings (SSSR count). The summed E-state index contributed by atoms with van der Waals surface area (Å²) < 4.78 is 19.6. The van der Waals surface area contributed by atoms with Crippen molar-refractivity contribution in [3.8, 4) is 17.2 Å². The lowest BCUT2D eigenvalue weighted by atomic mass is 9.96. The second-order valence-corrected chi connectivity index (χ2v) is 11.1. The molecule has 0 bridgehead atoms. The van der Waals surface area contributed by atoms with Crippen molar-refractivity contribution in [2.45, 2.75) is 25.6 Å². The van der Waals surface area contributed by atoms with Crippen molar-refractivity contribution in [3.05, 3.63) is 122 Å². The number of halogens is 2. The Balaban J connectivity index is 1.28. The van der Waals surface area contributed by atoms with E-state index in [-0.39, 0.29) is 6.04 Å². The lowest BCUT2D eigenvalue weighted by Gasteiger charge is -2.38. The highest BCUT2D eigenvalue weighted by Gasteiger charge is 2.41. The predicted octanol–water partition coefficient (Wildman–Crippen LogP) is 8.07. The van der Waals surface area contributed by atoms with Gasteiger partial charge in [-0.3, -0.25) is 0 Å². The number of carbonyl (C=O) groups excluding carboxylic acids is 1. The van der Waals surface area contributed by atoms with Gasteiger partial charge in [0.15, 0.2) is 0 Å². The molecule has 0 unspecified atom stereocenters. The number of hydrazone groups is 1. The molecule has 39 heavy (non-hydrogen) atoms. The van der Waals surface area contributed by atoms with Crippen molar-refractivity contribution >= 4 is 43.5 Å². The molecule has 4 aromatic rings. The van der Waals surface area contributed by atoms with E-state index in [9.17, 15) is 4.79 Å². The van der Waals surface area contributed by atoms with Crippen LogP contribution in [-0.2, 0) is 0 Å². The van der Waals surface area contributed by atoms with Gasteiger partial charge in [-0.15, -0.1) is 0 Å². The molecule has 0 aromatic heterocycles. The third-order valence-electron chi connectivity index (χ3n) is 6.71. The molecule has 2 atom stereocenters. The third kappa shape index (κ3) is 5.31. The lowest BCUT2D eigenvalue weighted by molar-refractivity contribution is -0.0190. The summed E-state index contributed by atoms with van der Waals surface area (Å²) in [5.74, 6) is 1.73. The number of esters is 1. The summed E-state index contributed by atoms with van der Waals surface area (Å²) in [6.07, 6.45) is 0.320. The summed E-state index contributed by atoms with van der Waals surface area (Å²) in [5, 5.41) is 7.07. The molecule has 0 amide bonds. The van der Waals surface area contributed by atoms with Crippen LogP contribution >= 0.6 is 31.9 Å². The molecule has 8 heteroatoms. The fraction of sp³-hybridized carbons (Fsp3) is 0.161. The Bertz CT molecular complexity index is 1540. The van der Waals surface area contributed by atoms with Gasteiger partial charge < -0.3 is 14.2 Å². The monoisotopic (exact) mass is 646 g/mol. The molecule has 2 aliphatic heterocycles. The maximum atomic E-state index is 12.6. The van der Waals surface area contributed by atoms with E-state index < -0.39 is 12.2 Å². The van der Waals surface area contributed by atoms with Crippen LogP contribution in [0.1, 0.15) is 52.7 Å². The molecule has 0 spiro atoms. The van der Waals surface area contributed by atoms with Gasteiger partial charge in [0.25, 0.3) is 0 Å². The van der Waals surface area contributed by atoms with Crippen LogP contribution in [0.2, 0.25) is 0 Å². The molecule has 2 aliphatic rings. The molecule has 0 saturated heterocycles. The van der Waals surface area contributed by atoms with E-state index >= 15 is 0 Å². The van der Waals surface area contributed by atoms with Crippen molar-refractivity contribution in [2.75, 3.05) is 6.61 Å². The van der Waals surface area contributed by atoms with E-state index in [1.807, 2.05) is 60.5 Å². The average Bonchev–Trinajstić information content (AvgIpc) is 3.40. The molecular formula is C31H24Br2N2O4. The minimum Gasteiger partial charge on any atom is -0.494 e. The fourth-order valence-electron chi connectivity index (χ4n) is 4.82. The summed E-state index contributed by atoms with van der Waals surface area (Å²) in [4.78, 5) is 12.6. The molecule has 6 nitrogen and oxygen atoms in total. The van der Waals surface area contributed by atoms with Gasteiger partial charge in [-0.2, -0.15) is 5.10 Å². The first-order valence-corrected chi connectivity index (χ1v) is 14.2. The maximum Gasteiger partial charge on any atom is 0.343 e. The molecule has 0 fully saturated rings. The maximum absolute atomic E-state index is 12.6. The van der Waals surface area contributed by atoms with Crippen LogP contribution in [0.3, 0.4) is 0 Å². The van der Waals surface area contributed by atoms with Crippen molar-refractivity contribution in [1.82, 2.24) is 5.01 Å². The summed E-state index contributed by atoms with van der Waals surface area (Å²) in [7, 11) is 0. The first kappa shape index (κ1) is 25.6. The minimum absolute atomic E-state index is 0.0210. The molecule has 4 aromatic carbocycles. The van der Waals surface area contributed by atoms with Gasteiger partial charge >= 0.3 is 5.97 Å². The van der Waals surface area contributed by atoms with Crippen LogP contribution in [0.25, 0.3) is 0 Å². The van der Waals surface area contributed by atoms with Crippen molar-refractivity contribution in [2.24, 2.45) is 5.10 Å². The zero-order valence-electron chi connectivity index (χ0n) is 21.0. The highest BCUT2D eigenvalue weighted by atomic mass is 79.9. The molecule has 196 valence electrons. The van der Waals surface area contributed by atoms with Crippen molar-refractivity contribution in [3.63, 3.8) is 0 Å². The molecular weight excluding hydrogens is 624 g/mol. The standard InChI is InChI=1S/C31H24Br2N2O4/c1-2-37-24-12-5-19(6-13-24)27-18-28-26-17-23(33)11-16-29(26)39-30(35(28)34-27)20-7-14-25(15-8-20)38-31(36)21-3-9-22(32)10-4-21/h3-17,28,30H,2,18H2,1H3/t28-,30-/m0/s1. The number of ether oxygens (including phenoxy) is 3. The van der Waals surface area contributed by atoms with E-state index in [4.69, 9.17) is 19.3 Å². The van der Waals surface area contributed by atoms with Crippen LogP contribution < -0.4 is 14.2 Å². The number of hydrogen-bond acceptors (Lipinski definition) is 6. The zero-order valence-corrected chi connectivity index (χ0v) is 24.2. The predicted molar refractivity (Wildman–Crippen MR) is 156 cm³/mol. The quantitative estimate of drug-likeness (QED) is 0.156. The topological polar surface area (TPSA) is 60.4 Å². The minimum atomic E-state index is -0.430. The van der Waals surface area contributed by atoms with Gasteiger partial charge in [0, 0.05) is 26.5 Å². The van der Waals surface area contributed by atoms with Crippen LogP contribution in [0, 0.1) is 0 Å². The van der Waals surface area contributed by atoms with Gasteiger partial charge in [0.1, 0.15) is 17.2 Å². The second kappa shape index (κ2) is 10.9. The van der Waals surface area contributed by atoms with Gasteiger partial charge in [-0.05, 0) is 103 Å². The number of fused-ring (bicyclic) bond motifs is 3. The summed E-state index contributed by atoms with van der Waals surface area (Å²) >= 11 is 6.99. The van der Waals surface area contributed by atoms with Crippen molar-refractivity contribution in [1.29, 1.82) is 0 Å².